The third-order valence-corrected chi connectivity index (χ3v) is 4.41. The third-order valence-electron chi connectivity index (χ3n) is 4.41. The summed E-state index contributed by atoms with van der Waals surface area (Å²) < 4.78 is 20.8. The molecule has 10 heteroatoms. The van der Waals surface area contributed by atoms with Gasteiger partial charge in [-0.05, 0) is 30.3 Å². The normalized spacial score (nSPS) is 13.5. The van der Waals surface area contributed by atoms with Crippen LogP contribution < -0.4 is 15.0 Å². The average Bonchev–Trinajstić information content (AvgIpc) is 2.82. The number of benzene rings is 1. The van der Waals surface area contributed by atoms with Gasteiger partial charge in [-0.1, -0.05) is 0 Å². The van der Waals surface area contributed by atoms with Crippen LogP contribution in [0.15, 0.2) is 53.9 Å². The Morgan fingerprint density at radius 1 is 1.03 bits per heavy atom. The lowest BCUT2D eigenvalue weighted by atomic mass is 10.1. The van der Waals surface area contributed by atoms with Gasteiger partial charge in [0.05, 0.1) is 26.4 Å². The standard InChI is InChI=1S/C21H21N3O7/c1-22-19(25)17-10-15(8-9-23-17)31-14-6-4-13(5-7-14)24-12-30-11-16(20(26)28-2)18(24)21(27)29-3/h4-10H,11-12H2,1-3H3,(H,22,25). The minimum absolute atomic E-state index is 0.0466. The van der Waals surface area contributed by atoms with Crippen molar-refractivity contribution in [3.05, 3.63) is 59.6 Å². The second kappa shape index (κ2) is 9.72. The summed E-state index contributed by atoms with van der Waals surface area (Å²) in [5.41, 5.74) is 0.929. The van der Waals surface area contributed by atoms with Crippen LogP contribution in [-0.4, -0.2) is 57.4 Å². The van der Waals surface area contributed by atoms with Crippen molar-refractivity contribution in [2.24, 2.45) is 0 Å². The Balaban J connectivity index is 1.86. The number of methoxy groups -OCH3 is 2. The Hall–Kier alpha value is -3.92. The van der Waals surface area contributed by atoms with Gasteiger partial charge in [0.2, 0.25) is 0 Å². The first kappa shape index (κ1) is 21.8. The van der Waals surface area contributed by atoms with E-state index in [0.29, 0.717) is 17.2 Å². The van der Waals surface area contributed by atoms with Crippen LogP contribution in [0.5, 0.6) is 11.5 Å². The van der Waals surface area contributed by atoms with E-state index in [9.17, 15) is 14.4 Å². The first-order valence-electron chi connectivity index (χ1n) is 9.19. The van der Waals surface area contributed by atoms with Crippen LogP contribution in [0.3, 0.4) is 0 Å². The fourth-order valence-electron chi connectivity index (χ4n) is 2.90. The number of ether oxygens (including phenoxy) is 4. The van der Waals surface area contributed by atoms with E-state index in [1.54, 1.807) is 30.3 Å². The van der Waals surface area contributed by atoms with Crippen LogP contribution in [0.1, 0.15) is 10.5 Å². The lowest BCUT2D eigenvalue weighted by Gasteiger charge is -2.31. The second-order valence-corrected chi connectivity index (χ2v) is 6.27. The maximum absolute atomic E-state index is 12.4. The number of carbonyl (C=O) groups is 3. The fraction of sp³-hybridized carbons (Fsp3) is 0.238. The van der Waals surface area contributed by atoms with Crippen LogP contribution in [-0.2, 0) is 23.8 Å². The molecule has 0 spiro atoms. The molecule has 0 aliphatic carbocycles. The Morgan fingerprint density at radius 2 is 1.74 bits per heavy atom. The van der Waals surface area contributed by atoms with Crippen LogP contribution in [0.25, 0.3) is 0 Å². The predicted molar refractivity (Wildman–Crippen MR) is 108 cm³/mol. The average molecular weight is 427 g/mol. The maximum Gasteiger partial charge on any atom is 0.355 e. The number of pyridine rings is 1. The first-order chi connectivity index (χ1) is 15.0. The summed E-state index contributed by atoms with van der Waals surface area (Å²) in [6.07, 6.45) is 1.47. The fourth-order valence-corrected chi connectivity index (χ4v) is 2.90. The van der Waals surface area contributed by atoms with E-state index in [1.165, 1.54) is 38.4 Å². The highest BCUT2D eigenvalue weighted by Crippen LogP contribution is 2.29. The van der Waals surface area contributed by atoms with Gasteiger partial charge in [0.15, 0.2) is 0 Å². The van der Waals surface area contributed by atoms with Crippen molar-refractivity contribution >= 4 is 23.5 Å². The zero-order chi connectivity index (χ0) is 22.4. The summed E-state index contributed by atoms with van der Waals surface area (Å²) in [6, 6.07) is 9.89. The number of esters is 2. The number of aromatic nitrogens is 1. The number of hydrogen-bond donors (Lipinski definition) is 1. The summed E-state index contributed by atoms with van der Waals surface area (Å²) in [4.78, 5) is 41.7. The number of hydrogen-bond acceptors (Lipinski definition) is 9. The molecule has 10 nitrogen and oxygen atoms in total. The van der Waals surface area contributed by atoms with Crippen LogP contribution in [0.2, 0.25) is 0 Å². The van der Waals surface area contributed by atoms with Gasteiger partial charge in [-0.15, -0.1) is 0 Å². The lowest BCUT2D eigenvalue weighted by molar-refractivity contribution is -0.140. The van der Waals surface area contributed by atoms with E-state index < -0.39 is 11.9 Å². The number of anilines is 1. The molecule has 1 N–H and O–H groups in total. The zero-order valence-corrected chi connectivity index (χ0v) is 17.2. The summed E-state index contributed by atoms with van der Waals surface area (Å²) in [7, 11) is 3.98. The van der Waals surface area contributed by atoms with Gasteiger partial charge < -0.3 is 29.2 Å². The molecule has 1 aromatic carbocycles. The number of nitrogens with one attached hydrogen (secondary N) is 1. The van der Waals surface area contributed by atoms with Gasteiger partial charge in [0.25, 0.3) is 5.91 Å². The molecule has 1 aromatic heterocycles. The number of nitrogens with zero attached hydrogens (tertiary/aromatic N) is 2. The zero-order valence-electron chi connectivity index (χ0n) is 17.2. The molecule has 3 rings (SSSR count). The van der Waals surface area contributed by atoms with Gasteiger partial charge in [-0.3, -0.25) is 9.78 Å². The molecule has 0 atom stereocenters. The molecule has 0 unspecified atom stereocenters. The topological polar surface area (TPSA) is 116 Å². The van der Waals surface area contributed by atoms with E-state index >= 15 is 0 Å². The number of rotatable bonds is 6. The van der Waals surface area contributed by atoms with Crippen molar-refractivity contribution in [1.29, 1.82) is 0 Å². The molecule has 2 heterocycles. The van der Waals surface area contributed by atoms with Crippen LogP contribution in [0.4, 0.5) is 5.69 Å². The van der Waals surface area contributed by atoms with Gasteiger partial charge in [0.1, 0.15) is 29.6 Å². The van der Waals surface area contributed by atoms with Crippen molar-refractivity contribution in [3.63, 3.8) is 0 Å². The Labute approximate surface area is 178 Å². The Kier molecular flexibility index (Phi) is 6.83. The van der Waals surface area contributed by atoms with E-state index in [-0.39, 0.29) is 36.2 Å². The third kappa shape index (κ3) is 4.81. The van der Waals surface area contributed by atoms with Gasteiger partial charge >= 0.3 is 11.9 Å². The van der Waals surface area contributed by atoms with Crippen molar-refractivity contribution < 1.29 is 33.3 Å². The highest BCUT2D eigenvalue weighted by Gasteiger charge is 2.32. The highest BCUT2D eigenvalue weighted by molar-refractivity contribution is 6.03. The first-order valence-corrected chi connectivity index (χ1v) is 9.19. The van der Waals surface area contributed by atoms with Crippen LogP contribution in [0, 0.1) is 0 Å². The molecular formula is C21H21N3O7. The van der Waals surface area contributed by atoms with E-state index in [2.05, 4.69) is 10.3 Å². The van der Waals surface area contributed by atoms with E-state index in [1.807, 2.05) is 0 Å². The smallest absolute Gasteiger partial charge is 0.355 e. The monoisotopic (exact) mass is 427 g/mol. The molecule has 2 aromatic rings. The van der Waals surface area contributed by atoms with Gasteiger partial charge in [-0.25, -0.2) is 9.59 Å². The molecule has 0 bridgehead atoms. The van der Waals surface area contributed by atoms with E-state index in [0.717, 1.165) is 0 Å². The molecule has 0 fully saturated rings. The Morgan fingerprint density at radius 3 is 2.39 bits per heavy atom. The van der Waals surface area contributed by atoms with Crippen LogP contribution >= 0.6 is 0 Å². The Bertz CT molecular complexity index is 1020. The molecular weight excluding hydrogens is 406 g/mol. The molecule has 0 saturated carbocycles. The SMILES string of the molecule is CNC(=O)c1cc(Oc2ccc(N3COCC(C(=O)OC)=C3C(=O)OC)cc2)ccn1. The number of carbonyl (C=O) groups excluding carboxylic acids is 3. The minimum atomic E-state index is -0.678. The van der Waals surface area contributed by atoms with Crippen molar-refractivity contribution in [3.8, 4) is 11.5 Å². The molecule has 1 amide bonds. The second-order valence-electron chi connectivity index (χ2n) is 6.27. The van der Waals surface area contributed by atoms with Gasteiger partial charge in [-0.2, -0.15) is 0 Å². The van der Waals surface area contributed by atoms with Crippen molar-refractivity contribution in [2.45, 2.75) is 0 Å². The van der Waals surface area contributed by atoms with Crippen molar-refractivity contribution in [2.75, 3.05) is 39.5 Å². The summed E-state index contributed by atoms with van der Waals surface area (Å²) in [5, 5.41) is 2.50. The minimum Gasteiger partial charge on any atom is -0.466 e. The molecule has 1 aliphatic heterocycles. The largest absolute Gasteiger partial charge is 0.466 e. The summed E-state index contributed by atoms with van der Waals surface area (Å²) in [5.74, 6) is -0.745. The number of amides is 1. The molecule has 0 saturated heterocycles. The van der Waals surface area contributed by atoms with Crippen molar-refractivity contribution in [1.82, 2.24) is 10.3 Å². The lowest BCUT2D eigenvalue weighted by Crippen LogP contribution is -2.38. The summed E-state index contributed by atoms with van der Waals surface area (Å²) >= 11 is 0. The predicted octanol–water partition coefficient (Wildman–Crippen LogP) is 1.63. The maximum atomic E-state index is 12.4. The van der Waals surface area contributed by atoms with E-state index in [4.69, 9.17) is 18.9 Å². The quantitative estimate of drug-likeness (QED) is 0.687. The molecule has 31 heavy (non-hydrogen) atoms. The molecule has 162 valence electrons. The highest BCUT2D eigenvalue weighted by atomic mass is 16.5. The summed E-state index contributed by atoms with van der Waals surface area (Å²) in [6.45, 7) is -0.0184. The molecule has 0 radical (unpaired) electrons. The molecule has 1 aliphatic rings. The van der Waals surface area contributed by atoms with Gasteiger partial charge in [0, 0.05) is 25.0 Å².